The SMILES string of the molecule is CCOC(=O)N1CCC(NC(=O)c2csc(C3CCN(C(=O)c4cc(OC)c5ccccc5n4)CC3)n2)CC1. The summed E-state index contributed by atoms with van der Waals surface area (Å²) in [6, 6.07) is 9.34. The van der Waals surface area contributed by atoms with Crippen molar-refractivity contribution in [2.24, 2.45) is 0 Å². The van der Waals surface area contributed by atoms with E-state index in [4.69, 9.17) is 9.47 Å². The molecule has 39 heavy (non-hydrogen) atoms. The Hall–Kier alpha value is -3.73. The van der Waals surface area contributed by atoms with Crippen molar-refractivity contribution >= 4 is 40.1 Å². The van der Waals surface area contributed by atoms with Crippen molar-refractivity contribution in [2.45, 2.75) is 44.6 Å². The van der Waals surface area contributed by atoms with Gasteiger partial charge in [0.2, 0.25) is 0 Å². The molecule has 2 saturated heterocycles. The Morgan fingerprint density at radius 2 is 1.72 bits per heavy atom. The fourth-order valence-electron chi connectivity index (χ4n) is 5.17. The first-order valence-electron chi connectivity index (χ1n) is 13.4. The second-order valence-electron chi connectivity index (χ2n) is 9.80. The Morgan fingerprint density at radius 3 is 2.44 bits per heavy atom. The largest absolute Gasteiger partial charge is 0.496 e. The number of hydrogen-bond acceptors (Lipinski definition) is 8. The third-order valence-corrected chi connectivity index (χ3v) is 8.37. The van der Waals surface area contributed by atoms with Crippen LogP contribution in [0.3, 0.4) is 0 Å². The van der Waals surface area contributed by atoms with Crippen LogP contribution in [-0.4, -0.2) is 83.6 Å². The number of piperidine rings is 2. The number of rotatable bonds is 6. The number of likely N-dealkylation sites (tertiary alicyclic amines) is 2. The molecule has 1 aromatic carbocycles. The molecule has 0 unspecified atom stereocenters. The fourth-order valence-corrected chi connectivity index (χ4v) is 6.14. The van der Waals surface area contributed by atoms with Gasteiger partial charge >= 0.3 is 6.09 Å². The lowest BCUT2D eigenvalue weighted by atomic mass is 9.97. The van der Waals surface area contributed by atoms with Gasteiger partial charge in [-0.05, 0) is 44.7 Å². The van der Waals surface area contributed by atoms with E-state index in [1.165, 1.54) is 11.3 Å². The maximum absolute atomic E-state index is 13.2. The minimum atomic E-state index is -0.299. The number of amides is 3. The fraction of sp³-hybridized carbons (Fsp3) is 0.464. The highest BCUT2D eigenvalue weighted by Gasteiger charge is 2.29. The molecule has 10 nitrogen and oxygen atoms in total. The summed E-state index contributed by atoms with van der Waals surface area (Å²) < 4.78 is 10.6. The molecule has 0 atom stereocenters. The van der Waals surface area contributed by atoms with Crippen molar-refractivity contribution in [2.75, 3.05) is 39.9 Å². The second kappa shape index (κ2) is 12.0. The zero-order valence-electron chi connectivity index (χ0n) is 22.2. The molecule has 0 spiro atoms. The van der Waals surface area contributed by atoms with Crippen molar-refractivity contribution < 1.29 is 23.9 Å². The van der Waals surface area contributed by atoms with E-state index in [1.54, 1.807) is 30.4 Å². The van der Waals surface area contributed by atoms with Crippen LogP contribution in [0.25, 0.3) is 10.9 Å². The predicted octanol–water partition coefficient (Wildman–Crippen LogP) is 4.07. The van der Waals surface area contributed by atoms with E-state index in [9.17, 15) is 14.4 Å². The van der Waals surface area contributed by atoms with Crippen LogP contribution < -0.4 is 10.1 Å². The molecule has 0 aliphatic carbocycles. The number of ether oxygens (including phenoxy) is 2. The molecule has 2 aliphatic rings. The van der Waals surface area contributed by atoms with Crippen LogP contribution in [-0.2, 0) is 4.74 Å². The summed E-state index contributed by atoms with van der Waals surface area (Å²) in [4.78, 5) is 50.7. The number of pyridine rings is 1. The molecule has 5 rings (SSSR count). The number of para-hydroxylation sites is 1. The van der Waals surface area contributed by atoms with Gasteiger partial charge in [-0.25, -0.2) is 14.8 Å². The first-order valence-corrected chi connectivity index (χ1v) is 14.3. The molecule has 2 aliphatic heterocycles. The van der Waals surface area contributed by atoms with Crippen molar-refractivity contribution in [3.8, 4) is 5.75 Å². The van der Waals surface area contributed by atoms with Crippen LogP contribution in [0.4, 0.5) is 4.79 Å². The maximum atomic E-state index is 13.2. The number of carbonyl (C=O) groups excluding carboxylic acids is 3. The van der Waals surface area contributed by atoms with Gasteiger partial charge in [0.05, 0.1) is 24.2 Å². The van der Waals surface area contributed by atoms with Crippen LogP contribution in [0.5, 0.6) is 5.75 Å². The van der Waals surface area contributed by atoms with Crippen LogP contribution in [0.2, 0.25) is 0 Å². The topological polar surface area (TPSA) is 114 Å². The molecular weight excluding hydrogens is 518 g/mol. The van der Waals surface area contributed by atoms with Crippen LogP contribution in [0.1, 0.15) is 64.5 Å². The van der Waals surface area contributed by atoms with Gasteiger partial charge in [-0.15, -0.1) is 11.3 Å². The summed E-state index contributed by atoms with van der Waals surface area (Å²) >= 11 is 1.49. The predicted molar refractivity (Wildman–Crippen MR) is 147 cm³/mol. The third kappa shape index (κ3) is 5.98. The number of benzene rings is 1. The molecule has 2 aromatic heterocycles. The van der Waals surface area contributed by atoms with E-state index in [-0.39, 0.29) is 29.9 Å². The average molecular weight is 552 g/mol. The highest BCUT2D eigenvalue weighted by Crippen LogP contribution is 2.32. The first kappa shape index (κ1) is 26.9. The van der Waals surface area contributed by atoms with E-state index in [0.29, 0.717) is 62.8 Å². The summed E-state index contributed by atoms with van der Waals surface area (Å²) in [6.45, 7) is 4.46. The standard InChI is InChI=1S/C28H33N5O5S/c1-3-38-28(36)33-14-10-19(11-15-33)29-25(34)23-17-39-26(31-23)18-8-12-32(13-9-18)27(35)22-16-24(37-2)20-6-4-5-7-21(20)30-22/h4-7,16-19H,3,8-15H2,1-2H3,(H,29,34). The van der Waals surface area contributed by atoms with Gasteiger partial charge in [-0.1, -0.05) is 12.1 Å². The van der Waals surface area contributed by atoms with Crippen LogP contribution in [0, 0.1) is 0 Å². The molecule has 0 bridgehead atoms. The molecule has 0 saturated carbocycles. The zero-order valence-corrected chi connectivity index (χ0v) is 23.0. The van der Waals surface area contributed by atoms with Crippen molar-refractivity contribution in [1.29, 1.82) is 0 Å². The van der Waals surface area contributed by atoms with E-state index in [1.807, 2.05) is 29.2 Å². The first-order chi connectivity index (χ1) is 19.0. The van der Waals surface area contributed by atoms with E-state index < -0.39 is 0 Å². The maximum Gasteiger partial charge on any atom is 0.409 e. The van der Waals surface area contributed by atoms with Crippen LogP contribution in [0.15, 0.2) is 35.7 Å². The summed E-state index contributed by atoms with van der Waals surface area (Å²) in [5, 5.41) is 6.67. The quantitative estimate of drug-likeness (QED) is 0.491. The number of nitrogens with one attached hydrogen (secondary N) is 1. The highest BCUT2D eigenvalue weighted by atomic mass is 32.1. The number of nitrogens with zero attached hydrogens (tertiary/aromatic N) is 4. The summed E-state index contributed by atoms with van der Waals surface area (Å²) in [7, 11) is 1.60. The average Bonchev–Trinajstić information content (AvgIpc) is 3.47. The Labute approximate surface area is 231 Å². The van der Waals surface area contributed by atoms with Gasteiger partial charge in [0.15, 0.2) is 0 Å². The Bertz CT molecular complexity index is 1350. The number of fused-ring (bicyclic) bond motifs is 1. The van der Waals surface area contributed by atoms with Gasteiger partial charge in [0.1, 0.15) is 17.1 Å². The highest BCUT2D eigenvalue weighted by molar-refractivity contribution is 7.09. The normalized spacial score (nSPS) is 16.8. The minimum absolute atomic E-state index is 0.00455. The van der Waals surface area contributed by atoms with Gasteiger partial charge in [0, 0.05) is 55.0 Å². The van der Waals surface area contributed by atoms with E-state index >= 15 is 0 Å². The Morgan fingerprint density at radius 1 is 1.00 bits per heavy atom. The minimum Gasteiger partial charge on any atom is -0.496 e. The molecule has 1 N–H and O–H groups in total. The summed E-state index contributed by atoms with van der Waals surface area (Å²) in [5.41, 5.74) is 1.53. The number of hydrogen-bond donors (Lipinski definition) is 1. The molecule has 2 fully saturated rings. The molecule has 0 radical (unpaired) electrons. The molecule has 3 aromatic rings. The van der Waals surface area contributed by atoms with E-state index in [0.717, 1.165) is 28.8 Å². The second-order valence-corrected chi connectivity index (χ2v) is 10.7. The smallest absolute Gasteiger partial charge is 0.409 e. The molecule has 3 amide bonds. The number of carbonyl (C=O) groups is 3. The Kier molecular flexibility index (Phi) is 8.25. The van der Waals surface area contributed by atoms with Crippen molar-refractivity contribution in [3.05, 3.63) is 52.1 Å². The van der Waals surface area contributed by atoms with Gasteiger partial charge < -0.3 is 24.6 Å². The lowest BCUT2D eigenvalue weighted by Crippen LogP contribution is -2.46. The number of methoxy groups -OCH3 is 1. The van der Waals surface area contributed by atoms with Crippen LogP contribution >= 0.6 is 11.3 Å². The summed E-state index contributed by atoms with van der Waals surface area (Å²) in [5.74, 6) is 0.547. The Balaban J connectivity index is 1.14. The summed E-state index contributed by atoms with van der Waals surface area (Å²) in [6.07, 6.45) is 2.62. The number of aromatic nitrogens is 2. The molecule has 206 valence electrons. The molecule has 11 heteroatoms. The van der Waals surface area contributed by atoms with E-state index in [2.05, 4.69) is 15.3 Å². The third-order valence-electron chi connectivity index (χ3n) is 7.36. The lowest BCUT2D eigenvalue weighted by molar-refractivity contribution is 0.0706. The molecular formula is C28H33N5O5S. The zero-order chi connectivity index (χ0) is 27.4. The van der Waals surface area contributed by atoms with Gasteiger partial charge in [-0.3, -0.25) is 9.59 Å². The monoisotopic (exact) mass is 551 g/mol. The van der Waals surface area contributed by atoms with Gasteiger partial charge in [-0.2, -0.15) is 0 Å². The van der Waals surface area contributed by atoms with Crippen molar-refractivity contribution in [3.63, 3.8) is 0 Å². The van der Waals surface area contributed by atoms with Crippen molar-refractivity contribution in [1.82, 2.24) is 25.1 Å². The molecule has 4 heterocycles. The van der Waals surface area contributed by atoms with Gasteiger partial charge in [0.25, 0.3) is 11.8 Å². The number of thiazole rings is 1. The lowest BCUT2D eigenvalue weighted by Gasteiger charge is -2.31.